The Balaban J connectivity index is 1.65. The number of carbonyl (C=O) groups is 2. The standard InChI is InChI=1S/C15H25N3O2/c1-2-6-16-15(20)18-7-5-12-8-13(18)14(19)17(10-12)9-11-3-4-11/h11-13H,2-10H2,1H3,(H,16,20)/t12-,13+/m0/s1. The maximum atomic E-state index is 12.6. The molecule has 1 aliphatic carbocycles. The Bertz CT molecular complexity index is 395. The third-order valence-corrected chi connectivity index (χ3v) is 4.75. The fourth-order valence-corrected chi connectivity index (χ4v) is 3.40. The van der Waals surface area contributed by atoms with E-state index in [1.54, 1.807) is 4.90 Å². The Morgan fingerprint density at radius 2 is 2.15 bits per heavy atom. The van der Waals surface area contributed by atoms with Crippen LogP contribution < -0.4 is 5.32 Å². The molecule has 0 unspecified atom stereocenters. The van der Waals surface area contributed by atoms with Crippen molar-refractivity contribution in [2.75, 3.05) is 26.2 Å². The summed E-state index contributed by atoms with van der Waals surface area (Å²) in [5.41, 5.74) is 0. The monoisotopic (exact) mass is 279 g/mol. The molecule has 5 nitrogen and oxygen atoms in total. The highest BCUT2D eigenvalue weighted by Gasteiger charge is 2.44. The van der Waals surface area contributed by atoms with Crippen molar-refractivity contribution in [1.82, 2.24) is 15.1 Å². The van der Waals surface area contributed by atoms with Gasteiger partial charge in [-0.15, -0.1) is 0 Å². The summed E-state index contributed by atoms with van der Waals surface area (Å²) in [5, 5.41) is 2.91. The van der Waals surface area contributed by atoms with E-state index in [0.29, 0.717) is 12.5 Å². The Hall–Kier alpha value is -1.26. The summed E-state index contributed by atoms with van der Waals surface area (Å²) in [6, 6.07) is -0.268. The summed E-state index contributed by atoms with van der Waals surface area (Å²) in [7, 11) is 0. The van der Waals surface area contributed by atoms with Crippen LogP contribution in [-0.4, -0.2) is 54.0 Å². The summed E-state index contributed by atoms with van der Waals surface area (Å²) < 4.78 is 0. The molecule has 3 rings (SSSR count). The zero-order chi connectivity index (χ0) is 14.1. The second-order valence-electron chi connectivity index (χ2n) is 6.52. The molecule has 2 bridgehead atoms. The lowest BCUT2D eigenvalue weighted by Crippen LogP contribution is -2.62. The molecule has 3 fully saturated rings. The van der Waals surface area contributed by atoms with Crippen molar-refractivity contribution in [2.24, 2.45) is 11.8 Å². The van der Waals surface area contributed by atoms with Gasteiger partial charge in [0.1, 0.15) is 6.04 Å². The van der Waals surface area contributed by atoms with E-state index in [9.17, 15) is 9.59 Å². The number of fused-ring (bicyclic) bond motifs is 2. The van der Waals surface area contributed by atoms with Crippen LogP contribution in [0.25, 0.3) is 0 Å². The lowest BCUT2D eigenvalue weighted by atomic mass is 9.86. The van der Waals surface area contributed by atoms with Crippen molar-refractivity contribution in [3.63, 3.8) is 0 Å². The smallest absolute Gasteiger partial charge is 0.318 e. The molecule has 2 heterocycles. The number of urea groups is 1. The molecule has 5 heteroatoms. The second-order valence-corrected chi connectivity index (χ2v) is 6.52. The zero-order valence-corrected chi connectivity index (χ0v) is 12.3. The first-order valence-electron chi connectivity index (χ1n) is 8.02. The van der Waals surface area contributed by atoms with E-state index in [0.717, 1.165) is 44.8 Å². The Kier molecular flexibility index (Phi) is 3.85. The molecular formula is C15H25N3O2. The summed E-state index contributed by atoms with van der Waals surface area (Å²) in [6.45, 7) is 5.28. The van der Waals surface area contributed by atoms with Crippen molar-refractivity contribution in [2.45, 2.75) is 45.1 Å². The van der Waals surface area contributed by atoms with Crippen molar-refractivity contribution < 1.29 is 9.59 Å². The van der Waals surface area contributed by atoms with Gasteiger partial charge in [-0.2, -0.15) is 0 Å². The third-order valence-electron chi connectivity index (χ3n) is 4.75. The molecule has 0 aromatic rings. The predicted octanol–water partition coefficient (Wildman–Crippen LogP) is 1.44. The molecule has 1 N–H and O–H groups in total. The highest BCUT2D eigenvalue weighted by molar-refractivity contribution is 5.88. The lowest BCUT2D eigenvalue weighted by Gasteiger charge is -2.46. The fraction of sp³-hybridized carbons (Fsp3) is 0.867. The van der Waals surface area contributed by atoms with Crippen LogP contribution in [-0.2, 0) is 4.79 Å². The second kappa shape index (κ2) is 5.62. The van der Waals surface area contributed by atoms with E-state index >= 15 is 0 Å². The first-order valence-corrected chi connectivity index (χ1v) is 8.02. The predicted molar refractivity (Wildman–Crippen MR) is 76.2 cm³/mol. The van der Waals surface area contributed by atoms with Gasteiger partial charge in [-0.1, -0.05) is 6.92 Å². The molecule has 112 valence electrons. The van der Waals surface area contributed by atoms with Crippen molar-refractivity contribution in [1.29, 1.82) is 0 Å². The zero-order valence-electron chi connectivity index (χ0n) is 12.3. The number of nitrogens with zero attached hydrogens (tertiary/aromatic N) is 2. The Morgan fingerprint density at radius 3 is 2.85 bits per heavy atom. The van der Waals surface area contributed by atoms with Gasteiger partial charge >= 0.3 is 6.03 Å². The molecule has 20 heavy (non-hydrogen) atoms. The Labute approximate surface area is 120 Å². The third kappa shape index (κ3) is 2.76. The van der Waals surface area contributed by atoms with Crippen molar-refractivity contribution in [3.05, 3.63) is 0 Å². The molecule has 0 radical (unpaired) electrons. The number of likely N-dealkylation sites (tertiary alicyclic amines) is 2. The van der Waals surface area contributed by atoms with Crippen LogP contribution in [0, 0.1) is 11.8 Å². The minimum Gasteiger partial charge on any atom is -0.340 e. The maximum Gasteiger partial charge on any atom is 0.318 e. The van der Waals surface area contributed by atoms with Gasteiger partial charge in [0.25, 0.3) is 0 Å². The lowest BCUT2D eigenvalue weighted by molar-refractivity contribution is -0.143. The van der Waals surface area contributed by atoms with Crippen LogP contribution in [0.1, 0.15) is 39.0 Å². The summed E-state index contributed by atoms with van der Waals surface area (Å²) in [6.07, 6.45) is 5.35. The molecule has 3 amide bonds. The fourth-order valence-electron chi connectivity index (χ4n) is 3.40. The quantitative estimate of drug-likeness (QED) is 0.846. The van der Waals surface area contributed by atoms with Gasteiger partial charge in [0.2, 0.25) is 5.91 Å². The molecule has 0 aromatic heterocycles. The summed E-state index contributed by atoms with van der Waals surface area (Å²) in [4.78, 5) is 28.6. The number of piperidine rings is 2. The van der Waals surface area contributed by atoms with Crippen LogP contribution in [0.5, 0.6) is 0 Å². The number of rotatable bonds is 4. The number of nitrogens with one attached hydrogen (secondary N) is 1. The van der Waals surface area contributed by atoms with Crippen molar-refractivity contribution >= 4 is 11.9 Å². The van der Waals surface area contributed by atoms with Gasteiger partial charge in [0, 0.05) is 26.2 Å². The highest BCUT2D eigenvalue weighted by Crippen LogP contribution is 2.34. The average Bonchev–Trinajstić information content (AvgIpc) is 3.26. The number of amides is 3. The van der Waals surface area contributed by atoms with Crippen LogP contribution in [0.15, 0.2) is 0 Å². The SMILES string of the molecule is CCCNC(=O)N1CC[C@H]2C[C@@H]1C(=O)N(CC1CC1)C2. The molecule has 0 aromatic carbocycles. The van der Waals surface area contributed by atoms with E-state index in [1.807, 2.05) is 11.8 Å². The molecule has 2 saturated heterocycles. The first kappa shape index (κ1) is 13.7. The molecule has 2 aliphatic heterocycles. The van der Waals surface area contributed by atoms with Gasteiger partial charge in [-0.3, -0.25) is 4.79 Å². The summed E-state index contributed by atoms with van der Waals surface area (Å²) >= 11 is 0. The van der Waals surface area contributed by atoms with Crippen LogP contribution >= 0.6 is 0 Å². The number of carbonyl (C=O) groups excluding carboxylic acids is 2. The molecule has 2 atom stereocenters. The Morgan fingerprint density at radius 1 is 1.35 bits per heavy atom. The van der Waals surface area contributed by atoms with Crippen LogP contribution in [0.3, 0.4) is 0 Å². The van der Waals surface area contributed by atoms with Gasteiger partial charge in [0.15, 0.2) is 0 Å². The van der Waals surface area contributed by atoms with Crippen LogP contribution in [0.2, 0.25) is 0 Å². The van der Waals surface area contributed by atoms with Crippen LogP contribution in [0.4, 0.5) is 4.79 Å². The maximum absolute atomic E-state index is 12.6. The minimum absolute atomic E-state index is 0.0584. The van der Waals surface area contributed by atoms with Gasteiger partial charge in [-0.25, -0.2) is 4.79 Å². The topological polar surface area (TPSA) is 52.7 Å². The molecule has 3 aliphatic rings. The van der Waals surface area contributed by atoms with Gasteiger partial charge in [-0.05, 0) is 43.9 Å². The highest BCUT2D eigenvalue weighted by atomic mass is 16.2. The minimum atomic E-state index is -0.210. The van der Waals surface area contributed by atoms with Crippen molar-refractivity contribution in [3.8, 4) is 0 Å². The van der Waals surface area contributed by atoms with Gasteiger partial charge < -0.3 is 15.1 Å². The summed E-state index contributed by atoms with van der Waals surface area (Å²) in [5.74, 6) is 1.49. The largest absolute Gasteiger partial charge is 0.340 e. The normalized spacial score (nSPS) is 29.6. The molecular weight excluding hydrogens is 254 g/mol. The molecule has 0 spiro atoms. The number of hydrogen-bond donors (Lipinski definition) is 1. The first-order chi connectivity index (χ1) is 9.69. The van der Waals surface area contributed by atoms with E-state index in [2.05, 4.69) is 5.32 Å². The van der Waals surface area contributed by atoms with E-state index in [1.165, 1.54) is 12.8 Å². The molecule has 1 saturated carbocycles. The average molecular weight is 279 g/mol. The van der Waals surface area contributed by atoms with E-state index in [4.69, 9.17) is 0 Å². The van der Waals surface area contributed by atoms with Gasteiger partial charge in [0.05, 0.1) is 0 Å². The number of hydrogen-bond acceptors (Lipinski definition) is 2. The van der Waals surface area contributed by atoms with E-state index in [-0.39, 0.29) is 18.0 Å². The van der Waals surface area contributed by atoms with E-state index < -0.39 is 0 Å².